The summed E-state index contributed by atoms with van der Waals surface area (Å²) >= 11 is 5.89. The molecule has 0 fully saturated rings. The average molecular weight is 449 g/mol. The minimum Gasteiger partial charge on any atom is -0.322 e. The molecule has 0 atom stereocenters. The van der Waals surface area contributed by atoms with Gasteiger partial charge in [-0.05, 0) is 30.3 Å². The molecule has 8 nitrogen and oxygen atoms in total. The van der Waals surface area contributed by atoms with Gasteiger partial charge in [-0.15, -0.1) is 0 Å². The number of carbonyl (C=O) groups is 1. The number of hydrogen-bond donors (Lipinski definition) is 1. The first-order valence-electron chi connectivity index (χ1n) is 8.75. The topological polar surface area (TPSA) is 94.7 Å². The number of pyridine rings is 1. The molecule has 0 aliphatic heterocycles. The van der Waals surface area contributed by atoms with Gasteiger partial charge < -0.3 is 5.32 Å². The van der Waals surface area contributed by atoms with Gasteiger partial charge in [0.25, 0.3) is 5.56 Å². The van der Waals surface area contributed by atoms with E-state index in [1.165, 1.54) is 24.5 Å². The molecule has 0 saturated carbocycles. The van der Waals surface area contributed by atoms with Crippen molar-refractivity contribution in [3.8, 4) is 5.69 Å². The normalized spacial score (nSPS) is 11.6. The highest BCUT2D eigenvalue weighted by molar-refractivity contribution is 6.32. The number of nitrogens with one attached hydrogen (secondary N) is 1. The Bertz CT molecular complexity index is 1350. The second-order valence-corrected chi connectivity index (χ2v) is 6.77. The van der Waals surface area contributed by atoms with Gasteiger partial charge in [-0.3, -0.25) is 14.2 Å². The maximum atomic E-state index is 13.0. The molecule has 12 heteroatoms. The molecule has 1 N–H and O–H groups in total. The Morgan fingerprint density at radius 2 is 1.97 bits per heavy atom. The highest BCUT2D eigenvalue weighted by Crippen LogP contribution is 2.30. The number of alkyl halides is 3. The Hall–Kier alpha value is -3.73. The van der Waals surface area contributed by atoms with Gasteiger partial charge in [-0.1, -0.05) is 17.7 Å². The maximum Gasteiger partial charge on any atom is 0.416 e. The first kappa shape index (κ1) is 20.5. The number of carbonyl (C=O) groups excluding carboxylic acids is 1. The van der Waals surface area contributed by atoms with Gasteiger partial charge in [0.05, 0.1) is 23.1 Å². The van der Waals surface area contributed by atoms with Crippen LogP contribution in [-0.2, 0) is 17.5 Å². The second-order valence-electron chi connectivity index (χ2n) is 6.41. The largest absolute Gasteiger partial charge is 0.416 e. The summed E-state index contributed by atoms with van der Waals surface area (Å²) in [4.78, 5) is 32.9. The molecule has 0 spiro atoms. The summed E-state index contributed by atoms with van der Waals surface area (Å²) in [6, 6.07) is 7.63. The lowest BCUT2D eigenvalue weighted by Gasteiger charge is -2.10. The van der Waals surface area contributed by atoms with Crippen molar-refractivity contribution < 1.29 is 18.0 Å². The van der Waals surface area contributed by atoms with Crippen LogP contribution >= 0.6 is 11.6 Å². The summed E-state index contributed by atoms with van der Waals surface area (Å²) in [5, 5.41) is 6.68. The molecule has 0 radical (unpaired) electrons. The summed E-state index contributed by atoms with van der Waals surface area (Å²) in [6.07, 6.45) is -0.746. The fourth-order valence-electron chi connectivity index (χ4n) is 2.89. The number of benzene rings is 1. The van der Waals surface area contributed by atoms with Gasteiger partial charge in [0.15, 0.2) is 10.8 Å². The van der Waals surface area contributed by atoms with Crippen LogP contribution in [-0.4, -0.2) is 30.2 Å². The van der Waals surface area contributed by atoms with E-state index in [9.17, 15) is 22.8 Å². The van der Waals surface area contributed by atoms with Gasteiger partial charge in [-0.25, -0.2) is 14.6 Å². The molecule has 1 aromatic carbocycles. The van der Waals surface area contributed by atoms with E-state index in [0.29, 0.717) is 0 Å². The van der Waals surface area contributed by atoms with E-state index in [1.54, 1.807) is 12.1 Å². The minimum absolute atomic E-state index is 0.0483. The first-order valence-corrected chi connectivity index (χ1v) is 9.13. The molecule has 1 amide bonds. The Morgan fingerprint density at radius 3 is 2.71 bits per heavy atom. The quantitative estimate of drug-likeness (QED) is 0.483. The molecule has 0 unspecified atom stereocenters. The van der Waals surface area contributed by atoms with Crippen molar-refractivity contribution in [3.63, 3.8) is 0 Å². The highest BCUT2D eigenvalue weighted by atomic mass is 35.5. The van der Waals surface area contributed by atoms with E-state index in [1.807, 2.05) is 0 Å². The molecule has 0 bridgehead atoms. The predicted octanol–water partition coefficient (Wildman–Crippen LogP) is 3.29. The smallest absolute Gasteiger partial charge is 0.322 e. The Morgan fingerprint density at radius 1 is 1.16 bits per heavy atom. The van der Waals surface area contributed by atoms with Crippen molar-refractivity contribution in [2.24, 2.45) is 0 Å². The Balaban J connectivity index is 1.64. The molecule has 0 saturated heterocycles. The standard InChI is InChI=1S/C19H12ClF3N6O2/c20-16-14(5-2-6-24-16)27-15(30)9-28-10-25-17-13(18(28)31)8-26-29(17)12-4-1-3-11(7-12)19(21,22)23/h1-8,10H,9H2,(H,27,30). The third-order valence-electron chi connectivity index (χ3n) is 4.32. The van der Waals surface area contributed by atoms with Crippen molar-refractivity contribution in [1.29, 1.82) is 0 Å². The fourth-order valence-corrected chi connectivity index (χ4v) is 3.05. The zero-order chi connectivity index (χ0) is 22.2. The molecule has 158 valence electrons. The summed E-state index contributed by atoms with van der Waals surface area (Å²) < 4.78 is 41.2. The van der Waals surface area contributed by atoms with Crippen LogP contribution in [0.5, 0.6) is 0 Å². The van der Waals surface area contributed by atoms with Crippen LogP contribution in [0.3, 0.4) is 0 Å². The summed E-state index contributed by atoms with van der Waals surface area (Å²) in [7, 11) is 0. The molecular formula is C19H12ClF3N6O2. The zero-order valence-electron chi connectivity index (χ0n) is 15.5. The van der Waals surface area contributed by atoms with Gasteiger partial charge in [0.2, 0.25) is 5.91 Å². The van der Waals surface area contributed by atoms with Crippen molar-refractivity contribution in [1.82, 2.24) is 24.3 Å². The van der Waals surface area contributed by atoms with E-state index in [0.717, 1.165) is 27.7 Å². The molecule has 31 heavy (non-hydrogen) atoms. The lowest BCUT2D eigenvalue weighted by Crippen LogP contribution is -2.28. The molecular weight excluding hydrogens is 437 g/mol. The third-order valence-corrected chi connectivity index (χ3v) is 4.62. The first-order chi connectivity index (χ1) is 14.7. The van der Waals surface area contributed by atoms with Crippen LogP contribution in [0.4, 0.5) is 18.9 Å². The highest BCUT2D eigenvalue weighted by Gasteiger charge is 2.30. The number of anilines is 1. The van der Waals surface area contributed by atoms with Gasteiger partial charge in [-0.2, -0.15) is 18.3 Å². The summed E-state index contributed by atoms with van der Waals surface area (Å²) in [5.74, 6) is -0.538. The van der Waals surface area contributed by atoms with E-state index >= 15 is 0 Å². The van der Waals surface area contributed by atoms with Gasteiger partial charge in [0, 0.05) is 6.20 Å². The molecule has 4 aromatic rings. The van der Waals surface area contributed by atoms with Crippen molar-refractivity contribution in [3.05, 3.63) is 76.2 Å². The lowest BCUT2D eigenvalue weighted by molar-refractivity contribution is -0.137. The molecule has 0 aliphatic carbocycles. The van der Waals surface area contributed by atoms with Crippen LogP contribution in [0.15, 0.2) is 59.9 Å². The monoisotopic (exact) mass is 448 g/mol. The number of hydrogen-bond acceptors (Lipinski definition) is 5. The lowest BCUT2D eigenvalue weighted by atomic mass is 10.2. The van der Waals surface area contributed by atoms with Crippen LogP contribution in [0.2, 0.25) is 5.15 Å². The minimum atomic E-state index is -4.52. The molecule has 0 aliphatic rings. The van der Waals surface area contributed by atoms with Crippen LogP contribution < -0.4 is 10.9 Å². The predicted molar refractivity (Wildman–Crippen MR) is 106 cm³/mol. The summed E-state index contributed by atoms with van der Waals surface area (Å²) in [5.41, 5.74) is -0.980. The van der Waals surface area contributed by atoms with E-state index in [4.69, 9.17) is 11.6 Å². The van der Waals surface area contributed by atoms with Gasteiger partial charge in [0.1, 0.15) is 18.3 Å². The number of nitrogens with zero attached hydrogens (tertiary/aromatic N) is 5. The molecule has 3 aromatic heterocycles. The van der Waals surface area contributed by atoms with Crippen molar-refractivity contribution in [2.75, 3.05) is 5.32 Å². The number of halogens is 4. The number of aromatic nitrogens is 5. The molecule has 4 rings (SSSR count). The molecule has 3 heterocycles. The average Bonchev–Trinajstić information content (AvgIpc) is 3.16. The van der Waals surface area contributed by atoms with Crippen LogP contribution in [0, 0.1) is 0 Å². The Labute approximate surface area is 176 Å². The maximum absolute atomic E-state index is 13.0. The van der Waals surface area contributed by atoms with Crippen LogP contribution in [0.1, 0.15) is 5.56 Å². The van der Waals surface area contributed by atoms with E-state index < -0.39 is 23.2 Å². The zero-order valence-corrected chi connectivity index (χ0v) is 16.2. The Kier molecular flexibility index (Phi) is 5.19. The van der Waals surface area contributed by atoms with Gasteiger partial charge >= 0.3 is 6.18 Å². The van der Waals surface area contributed by atoms with Crippen LogP contribution in [0.25, 0.3) is 16.7 Å². The van der Waals surface area contributed by atoms with Crippen molar-refractivity contribution >= 4 is 34.2 Å². The second kappa shape index (κ2) is 7.84. The van der Waals surface area contributed by atoms with Crippen molar-refractivity contribution in [2.45, 2.75) is 12.7 Å². The number of rotatable bonds is 4. The number of amides is 1. The fraction of sp³-hybridized carbons (Fsp3) is 0.105. The van der Waals surface area contributed by atoms with E-state index in [-0.39, 0.29) is 34.1 Å². The van der Waals surface area contributed by atoms with E-state index in [2.05, 4.69) is 20.4 Å². The third kappa shape index (κ3) is 4.12. The summed E-state index contributed by atoms with van der Waals surface area (Å²) in [6.45, 7) is -0.359. The number of fused-ring (bicyclic) bond motifs is 1. The SMILES string of the molecule is O=C(Cn1cnc2c(cnn2-c2cccc(C(F)(F)F)c2)c1=O)Nc1cccnc1Cl.